The average molecular weight is 284 g/mol. The fraction of sp³-hybridized carbons (Fsp3) is 0.308. The molecule has 1 N–H and O–H groups in total. The van der Waals surface area contributed by atoms with Crippen molar-refractivity contribution in [3.63, 3.8) is 0 Å². The van der Waals surface area contributed by atoms with E-state index in [2.05, 4.69) is 24.3 Å². The van der Waals surface area contributed by atoms with E-state index < -0.39 is 0 Å². The summed E-state index contributed by atoms with van der Waals surface area (Å²) < 4.78 is 1.76. The predicted octanol–water partition coefficient (Wildman–Crippen LogP) is 3.68. The Labute approximate surface area is 117 Å². The molecule has 0 aliphatic carbocycles. The van der Waals surface area contributed by atoms with Gasteiger partial charge in [0.05, 0.1) is 16.9 Å². The Kier molecular flexibility index (Phi) is 4.27. The SMILES string of the molecule is CC(C)NCc1cc(Cl)ccc1-n1cc(Cl)cn1. The largest absolute Gasteiger partial charge is 0.310 e. The van der Waals surface area contributed by atoms with Gasteiger partial charge >= 0.3 is 0 Å². The molecule has 2 aromatic rings. The third-order valence-electron chi connectivity index (χ3n) is 2.54. The third kappa shape index (κ3) is 3.25. The minimum Gasteiger partial charge on any atom is -0.310 e. The number of aromatic nitrogens is 2. The van der Waals surface area contributed by atoms with Gasteiger partial charge in [-0.2, -0.15) is 5.10 Å². The summed E-state index contributed by atoms with van der Waals surface area (Å²) in [6, 6.07) is 6.16. The lowest BCUT2D eigenvalue weighted by Gasteiger charge is -2.13. The molecule has 2 rings (SSSR count). The molecule has 0 bridgehead atoms. The van der Waals surface area contributed by atoms with Crippen molar-refractivity contribution in [1.29, 1.82) is 0 Å². The second-order valence-corrected chi connectivity index (χ2v) is 5.28. The van der Waals surface area contributed by atoms with Crippen LogP contribution in [-0.4, -0.2) is 15.8 Å². The maximum atomic E-state index is 6.04. The lowest BCUT2D eigenvalue weighted by molar-refractivity contribution is 0.586. The van der Waals surface area contributed by atoms with Crippen LogP contribution < -0.4 is 5.32 Å². The Morgan fingerprint density at radius 2 is 2.06 bits per heavy atom. The quantitative estimate of drug-likeness (QED) is 0.928. The second-order valence-electron chi connectivity index (χ2n) is 4.41. The fourth-order valence-corrected chi connectivity index (χ4v) is 2.00. The highest BCUT2D eigenvalue weighted by Gasteiger charge is 2.07. The van der Waals surface area contributed by atoms with Gasteiger partial charge in [-0.3, -0.25) is 0 Å². The van der Waals surface area contributed by atoms with Crippen molar-refractivity contribution >= 4 is 23.2 Å². The Morgan fingerprint density at radius 3 is 2.67 bits per heavy atom. The topological polar surface area (TPSA) is 29.9 Å². The molecule has 0 saturated heterocycles. The van der Waals surface area contributed by atoms with Crippen LogP contribution in [0.5, 0.6) is 0 Å². The molecule has 0 aliphatic rings. The van der Waals surface area contributed by atoms with Crippen LogP contribution in [0.4, 0.5) is 0 Å². The number of nitrogens with one attached hydrogen (secondary N) is 1. The van der Waals surface area contributed by atoms with Crippen molar-refractivity contribution < 1.29 is 0 Å². The molecule has 0 saturated carbocycles. The monoisotopic (exact) mass is 283 g/mol. The van der Waals surface area contributed by atoms with Crippen molar-refractivity contribution in [2.24, 2.45) is 0 Å². The molecule has 0 unspecified atom stereocenters. The summed E-state index contributed by atoms with van der Waals surface area (Å²) in [5, 5.41) is 8.93. The van der Waals surface area contributed by atoms with E-state index in [-0.39, 0.29) is 0 Å². The first-order valence-electron chi connectivity index (χ1n) is 5.78. The van der Waals surface area contributed by atoms with Gasteiger partial charge in [0.2, 0.25) is 0 Å². The highest BCUT2D eigenvalue weighted by molar-refractivity contribution is 6.30. The molecule has 0 amide bonds. The summed E-state index contributed by atoms with van der Waals surface area (Å²) >= 11 is 11.9. The van der Waals surface area contributed by atoms with Crippen molar-refractivity contribution in [3.05, 3.63) is 46.2 Å². The van der Waals surface area contributed by atoms with Crippen molar-refractivity contribution in [1.82, 2.24) is 15.1 Å². The first-order valence-corrected chi connectivity index (χ1v) is 6.54. The van der Waals surface area contributed by atoms with Gasteiger partial charge in [0.1, 0.15) is 0 Å². The highest BCUT2D eigenvalue weighted by atomic mass is 35.5. The van der Waals surface area contributed by atoms with Crippen LogP contribution >= 0.6 is 23.2 Å². The minimum absolute atomic E-state index is 0.415. The second kappa shape index (κ2) is 5.74. The molecule has 0 radical (unpaired) electrons. The van der Waals surface area contributed by atoms with Gasteiger partial charge in [-0.05, 0) is 23.8 Å². The van der Waals surface area contributed by atoms with Gasteiger partial charge < -0.3 is 5.32 Å². The summed E-state index contributed by atoms with van der Waals surface area (Å²) in [5.41, 5.74) is 2.08. The Bertz CT molecular complexity index is 535. The first-order chi connectivity index (χ1) is 8.56. The van der Waals surface area contributed by atoms with Gasteiger partial charge in [0, 0.05) is 23.8 Å². The van der Waals surface area contributed by atoms with Gasteiger partial charge in [-0.15, -0.1) is 0 Å². The van der Waals surface area contributed by atoms with E-state index in [9.17, 15) is 0 Å². The van der Waals surface area contributed by atoms with Gasteiger partial charge in [-0.25, -0.2) is 4.68 Å². The van der Waals surface area contributed by atoms with Crippen LogP contribution in [0.3, 0.4) is 0 Å². The first kappa shape index (κ1) is 13.4. The summed E-state index contributed by atoms with van der Waals surface area (Å²) in [6.45, 7) is 4.95. The van der Waals surface area contributed by atoms with Crippen LogP contribution in [0.25, 0.3) is 5.69 Å². The van der Waals surface area contributed by atoms with E-state index in [1.807, 2.05) is 18.2 Å². The van der Waals surface area contributed by atoms with Gasteiger partial charge in [0.15, 0.2) is 0 Å². The molecule has 0 spiro atoms. The zero-order chi connectivity index (χ0) is 13.1. The molecular weight excluding hydrogens is 269 g/mol. The normalized spacial score (nSPS) is 11.2. The Hall–Kier alpha value is -1.03. The Morgan fingerprint density at radius 1 is 1.28 bits per heavy atom. The molecule has 96 valence electrons. The van der Waals surface area contributed by atoms with Gasteiger partial charge in [0.25, 0.3) is 0 Å². The minimum atomic E-state index is 0.415. The molecule has 0 fully saturated rings. The zero-order valence-electron chi connectivity index (χ0n) is 10.3. The number of hydrogen-bond donors (Lipinski definition) is 1. The number of nitrogens with zero attached hydrogens (tertiary/aromatic N) is 2. The number of rotatable bonds is 4. The fourth-order valence-electron chi connectivity index (χ4n) is 1.67. The molecular formula is C13H15Cl2N3. The summed E-state index contributed by atoms with van der Waals surface area (Å²) in [5.74, 6) is 0. The van der Waals surface area contributed by atoms with E-state index in [0.29, 0.717) is 11.1 Å². The van der Waals surface area contributed by atoms with E-state index in [1.54, 1.807) is 17.1 Å². The van der Waals surface area contributed by atoms with Crippen LogP contribution in [0.2, 0.25) is 10.0 Å². The molecule has 0 atom stereocenters. The molecule has 1 heterocycles. The maximum Gasteiger partial charge on any atom is 0.0790 e. The molecule has 5 heteroatoms. The smallest absolute Gasteiger partial charge is 0.0790 e. The molecule has 0 aliphatic heterocycles. The predicted molar refractivity (Wildman–Crippen MR) is 75.6 cm³/mol. The van der Waals surface area contributed by atoms with E-state index >= 15 is 0 Å². The summed E-state index contributed by atoms with van der Waals surface area (Å²) in [4.78, 5) is 0. The Balaban J connectivity index is 2.34. The standard InChI is InChI=1S/C13H15Cl2N3/c1-9(2)16-6-10-5-11(14)3-4-13(10)18-8-12(15)7-17-18/h3-5,7-9,16H,6H2,1-2H3. The van der Waals surface area contributed by atoms with Crippen molar-refractivity contribution in [2.75, 3.05) is 0 Å². The molecule has 3 nitrogen and oxygen atoms in total. The summed E-state index contributed by atoms with van der Waals surface area (Å²) in [7, 11) is 0. The highest BCUT2D eigenvalue weighted by Crippen LogP contribution is 2.20. The number of benzene rings is 1. The van der Waals surface area contributed by atoms with Crippen LogP contribution in [0.15, 0.2) is 30.6 Å². The van der Waals surface area contributed by atoms with Crippen LogP contribution in [-0.2, 0) is 6.54 Å². The van der Waals surface area contributed by atoms with Crippen LogP contribution in [0, 0.1) is 0 Å². The zero-order valence-corrected chi connectivity index (χ0v) is 11.8. The van der Waals surface area contributed by atoms with Crippen LogP contribution in [0.1, 0.15) is 19.4 Å². The lowest BCUT2D eigenvalue weighted by atomic mass is 10.1. The van der Waals surface area contributed by atoms with E-state index in [4.69, 9.17) is 23.2 Å². The third-order valence-corrected chi connectivity index (χ3v) is 2.97. The lowest BCUT2D eigenvalue weighted by Crippen LogP contribution is -2.22. The number of halogens is 2. The van der Waals surface area contributed by atoms with Crippen molar-refractivity contribution in [3.8, 4) is 5.69 Å². The maximum absolute atomic E-state index is 6.04. The number of hydrogen-bond acceptors (Lipinski definition) is 2. The van der Waals surface area contributed by atoms with E-state index in [1.165, 1.54) is 0 Å². The summed E-state index contributed by atoms with van der Waals surface area (Å²) in [6.07, 6.45) is 3.40. The molecule has 1 aromatic heterocycles. The molecule has 18 heavy (non-hydrogen) atoms. The molecule has 1 aromatic carbocycles. The van der Waals surface area contributed by atoms with E-state index in [0.717, 1.165) is 22.8 Å². The van der Waals surface area contributed by atoms with Gasteiger partial charge in [-0.1, -0.05) is 37.0 Å². The van der Waals surface area contributed by atoms with Crippen molar-refractivity contribution in [2.45, 2.75) is 26.4 Å². The average Bonchev–Trinajstić information content (AvgIpc) is 2.73.